The van der Waals surface area contributed by atoms with Gasteiger partial charge in [0.1, 0.15) is 0 Å². The van der Waals surface area contributed by atoms with Gasteiger partial charge in [-0.05, 0) is 12.1 Å². The van der Waals surface area contributed by atoms with Gasteiger partial charge in [-0.15, -0.1) is 17.0 Å². The van der Waals surface area contributed by atoms with E-state index in [2.05, 4.69) is 22.0 Å². The van der Waals surface area contributed by atoms with Gasteiger partial charge in [0, 0.05) is 12.1 Å². The Labute approximate surface area is 139 Å². The average molecular weight is 358 g/mol. The summed E-state index contributed by atoms with van der Waals surface area (Å²) in [7, 11) is 0. The summed E-state index contributed by atoms with van der Waals surface area (Å²) in [5.41, 5.74) is 2.96. The first-order valence-electron chi connectivity index (χ1n) is 7.11. The van der Waals surface area contributed by atoms with Gasteiger partial charge in [0.25, 0.3) is 0 Å². The van der Waals surface area contributed by atoms with Crippen LogP contribution in [0.1, 0.15) is 10.4 Å². The van der Waals surface area contributed by atoms with Crippen LogP contribution in [0, 0.1) is 0 Å². The summed E-state index contributed by atoms with van der Waals surface area (Å²) < 4.78 is 0. The number of carbonyl (C=O) groups excluding carboxylic acids is 1. The van der Waals surface area contributed by atoms with E-state index in [0.717, 1.165) is 36.0 Å². The summed E-state index contributed by atoms with van der Waals surface area (Å²) in [4.78, 5) is 21.3. The topological polar surface area (TPSA) is 35.9 Å². The first kappa shape index (κ1) is 14.8. The van der Waals surface area contributed by atoms with Gasteiger partial charge in [-0.25, -0.2) is 0 Å². The molecular weight excluding hydrogens is 342 g/mol. The molecule has 5 heteroatoms. The third-order valence-electron chi connectivity index (χ3n) is 3.92. The quantitative estimate of drug-likeness (QED) is 0.791. The molecule has 0 bridgehead atoms. The fourth-order valence-electron chi connectivity index (χ4n) is 2.94. The van der Waals surface area contributed by atoms with Crippen molar-refractivity contribution >= 4 is 40.1 Å². The highest BCUT2D eigenvalue weighted by Crippen LogP contribution is 2.38. The Morgan fingerprint density at radius 1 is 1.00 bits per heavy atom. The number of benzene rings is 2. The summed E-state index contributed by atoms with van der Waals surface area (Å²) in [6.07, 6.45) is 0. The molecule has 2 heterocycles. The monoisotopic (exact) mass is 357 g/mol. The number of halogens is 1. The highest BCUT2D eigenvalue weighted by Gasteiger charge is 2.35. The molecule has 0 aromatic heterocycles. The van der Waals surface area contributed by atoms with Crippen molar-refractivity contribution in [3.05, 3.63) is 60.2 Å². The molecule has 4 nitrogen and oxygen atoms in total. The first-order chi connectivity index (χ1) is 10.3. The molecule has 2 aliphatic heterocycles. The maximum absolute atomic E-state index is 12.5. The van der Waals surface area contributed by atoms with Crippen molar-refractivity contribution in [3.8, 4) is 0 Å². The summed E-state index contributed by atoms with van der Waals surface area (Å²) in [6.45, 7) is 2.01. The summed E-state index contributed by atoms with van der Waals surface area (Å²) in [5, 5.41) is 0. The number of ketones is 1. The molecule has 0 N–H and O–H groups in total. The second-order valence-electron chi connectivity index (χ2n) is 5.20. The molecule has 0 spiro atoms. The van der Waals surface area contributed by atoms with Gasteiger partial charge in [-0.3, -0.25) is 9.79 Å². The van der Waals surface area contributed by atoms with Crippen LogP contribution in [0.15, 0.2) is 59.6 Å². The first-order valence-corrected chi connectivity index (χ1v) is 7.11. The molecule has 0 unspecified atom stereocenters. The standard InChI is InChI=1S/C17H15N3O.BrH/c21-16(13-6-2-1-3-7-13)12-20-15-9-5-4-8-14(15)19-11-10-18-17(19)20;/h1-9H,10-12H2;1H. The molecular formula is C17H16BrN3O. The van der Waals surface area contributed by atoms with Crippen LogP contribution >= 0.6 is 17.0 Å². The zero-order valence-electron chi connectivity index (χ0n) is 12.0. The molecule has 2 aromatic carbocycles. The molecule has 0 amide bonds. The van der Waals surface area contributed by atoms with Crippen molar-refractivity contribution in [2.45, 2.75) is 0 Å². The van der Waals surface area contributed by atoms with Gasteiger partial charge in [0.15, 0.2) is 5.78 Å². The lowest BCUT2D eigenvalue weighted by atomic mass is 10.1. The fraction of sp³-hybridized carbons (Fsp3) is 0.176. The molecule has 0 atom stereocenters. The minimum atomic E-state index is 0. The second kappa shape index (κ2) is 5.93. The van der Waals surface area contributed by atoms with E-state index in [0.29, 0.717) is 6.54 Å². The van der Waals surface area contributed by atoms with Crippen LogP contribution in [-0.4, -0.2) is 31.4 Å². The molecule has 0 saturated heterocycles. The molecule has 4 rings (SSSR count). The van der Waals surface area contributed by atoms with Crippen LogP contribution in [0.2, 0.25) is 0 Å². The fourth-order valence-corrected chi connectivity index (χ4v) is 2.94. The Kier molecular flexibility index (Phi) is 3.98. The summed E-state index contributed by atoms with van der Waals surface area (Å²) in [5.74, 6) is 1.02. The van der Waals surface area contributed by atoms with Crippen molar-refractivity contribution in [3.63, 3.8) is 0 Å². The SMILES string of the molecule is Br.O=C(CN1C2=NCCN2c2ccccc21)c1ccccc1. The van der Waals surface area contributed by atoms with Crippen LogP contribution < -0.4 is 9.80 Å². The van der Waals surface area contributed by atoms with Crippen molar-refractivity contribution in [1.82, 2.24) is 0 Å². The minimum Gasteiger partial charge on any atom is -0.308 e. The minimum absolute atomic E-state index is 0. The molecule has 0 saturated carbocycles. The third-order valence-corrected chi connectivity index (χ3v) is 3.92. The van der Waals surface area contributed by atoms with Crippen molar-refractivity contribution in [1.29, 1.82) is 0 Å². The van der Waals surface area contributed by atoms with E-state index >= 15 is 0 Å². The predicted octanol–water partition coefficient (Wildman–Crippen LogP) is 3.14. The molecule has 22 heavy (non-hydrogen) atoms. The number of hydrogen-bond acceptors (Lipinski definition) is 4. The summed E-state index contributed by atoms with van der Waals surface area (Å²) >= 11 is 0. The zero-order valence-corrected chi connectivity index (χ0v) is 13.7. The lowest BCUT2D eigenvalue weighted by molar-refractivity contribution is 0.100. The normalized spacial score (nSPS) is 15.0. The number of fused-ring (bicyclic) bond motifs is 3. The highest BCUT2D eigenvalue weighted by molar-refractivity contribution is 8.93. The number of anilines is 2. The Morgan fingerprint density at radius 2 is 1.68 bits per heavy atom. The second-order valence-corrected chi connectivity index (χ2v) is 5.20. The largest absolute Gasteiger partial charge is 0.308 e. The molecule has 2 aromatic rings. The zero-order chi connectivity index (χ0) is 14.2. The molecule has 0 fully saturated rings. The maximum atomic E-state index is 12.5. The molecule has 112 valence electrons. The van der Waals surface area contributed by atoms with Gasteiger partial charge in [0.2, 0.25) is 5.96 Å². The predicted molar refractivity (Wildman–Crippen MR) is 94.5 cm³/mol. The smallest absolute Gasteiger partial charge is 0.206 e. The third kappa shape index (κ3) is 2.31. The van der Waals surface area contributed by atoms with Crippen LogP contribution in [0.25, 0.3) is 0 Å². The number of nitrogens with zero attached hydrogens (tertiary/aromatic N) is 3. The van der Waals surface area contributed by atoms with E-state index in [1.54, 1.807) is 0 Å². The number of para-hydroxylation sites is 2. The van der Waals surface area contributed by atoms with E-state index < -0.39 is 0 Å². The van der Waals surface area contributed by atoms with Gasteiger partial charge < -0.3 is 9.80 Å². The van der Waals surface area contributed by atoms with Crippen LogP contribution in [0.4, 0.5) is 11.4 Å². The van der Waals surface area contributed by atoms with Gasteiger partial charge >= 0.3 is 0 Å². The Bertz CT molecular complexity index is 730. The molecule has 0 aliphatic carbocycles. The van der Waals surface area contributed by atoms with E-state index in [-0.39, 0.29) is 22.8 Å². The van der Waals surface area contributed by atoms with Crippen molar-refractivity contribution in [2.75, 3.05) is 29.4 Å². The number of carbonyl (C=O) groups is 1. The van der Waals surface area contributed by atoms with E-state index in [1.807, 2.05) is 47.4 Å². The Morgan fingerprint density at radius 3 is 2.45 bits per heavy atom. The van der Waals surface area contributed by atoms with Crippen molar-refractivity contribution < 1.29 is 4.79 Å². The molecule has 0 radical (unpaired) electrons. The van der Waals surface area contributed by atoms with Crippen LogP contribution in [-0.2, 0) is 0 Å². The number of rotatable bonds is 3. The highest BCUT2D eigenvalue weighted by atomic mass is 79.9. The van der Waals surface area contributed by atoms with Gasteiger partial charge in [-0.1, -0.05) is 42.5 Å². The van der Waals surface area contributed by atoms with Crippen LogP contribution in [0.3, 0.4) is 0 Å². The number of hydrogen-bond donors (Lipinski definition) is 0. The average Bonchev–Trinajstić information content (AvgIpc) is 3.11. The lowest BCUT2D eigenvalue weighted by Gasteiger charge is -2.18. The number of aliphatic imine (C=N–C) groups is 1. The number of guanidine groups is 1. The van der Waals surface area contributed by atoms with Gasteiger partial charge in [0.05, 0.1) is 24.5 Å². The Hall–Kier alpha value is -2.14. The van der Waals surface area contributed by atoms with Crippen molar-refractivity contribution in [2.24, 2.45) is 4.99 Å². The van der Waals surface area contributed by atoms with E-state index in [1.165, 1.54) is 0 Å². The van der Waals surface area contributed by atoms with Crippen LogP contribution in [0.5, 0.6) is 0 Å². The number of Topliss-reactive ketones (excluding diaryl/α,β-unsaturated/α-hetero) is 1. The Balaban J connectivity index is 0.00000144. The maximum Gasteiger partial charge on any atom is 0.206 e. The molecule has 2 aliphatic rings. The van der Waals surface area contributed by atoms with E-state index in [9.17, 15) is 4.79 Å². The summed E-state index contributed by atoms with van der Waals surface area (Å²) in [6, 6.07) is 17.6. The van der Waals surface area contributed by atoms with E-state index in [4.69, 9.17) is 0 Å². The lowest BCUT2D eigenvalue weighted by Crippen LogP contribution is -2.38. The van der Waals surface area contributed by atoms with Gasteiger partial charge in [-0.2, -0.15) is 0 Å².